The summed E-state index contributed by atoms with van der Waals surface area (Å²) in [6, 6.07) is 7.06. The number of nitrogens with zero attached hydrogens (tertiary/aromatic N) is 1. The van der Waals surface area contributed by atoms with Crippen molar-refractivity contribution in [2.24, 2.45) is 5.92 Å². The van der Waals surface area contributed by atoms with Crippen molar-refractivity contribution >= 4 is 29.2 Å². The van der Waals surface area contributed by atoms with Gasteiger partial charge in [0.15, 0.2) is 0 Å². The number of esters is 1. The van der Waals surface area contributed by atoms with Crippen molar-refractivity contribution in [3.63, 3.8) is 0 Å². The molecule has 1 aliphatic heterocycles. The van der Waals surface area contributed by atoms with Gasteiger partial charge in [-0.05, 0) is 44.1 Å². The number of hydrogen-bond donors (Lipinski definition) is 1. The van der Waals surface area contributed by atoms with E-state index in [2.05, 4.69) is 5.32 Å². The molecule has 0 radical (unpaired) electrons. The van der Waals surface area contributed by atoms with Crippen LogP contribution < -0.4 is 5.32 Å². The van der Waals surface area contributed by atoms with E-state index in [0.717, 1.165) is 25.9 Å². The summed E-state index contributed by atoms with van der Waals surface area (Å²) in [4.78, 5) is 25.5. The Hall–Kier alpha value is -1.59. The van der Waals surface area contributed by atoms with E-state index in [1.807, 2.05) is 4.90 Å². The Morgan fingerprint density at radius 1 is 1.38 bits per heavy atom. The Labute approximate surface area is 129 Å². The summed E-state index contributed by atoms with van der Waals surface area (Å²) in [5.74, 6) is -0.269. The SMILES string of the molecule is COC(=O)C1CCN(CC(=O)Nc2cccc(Cl)c2)CC1. The molecule has 1 aliphatic rings. The molecule has 1 aromatic rings. The minimum Gasteiger partial charge on any atom is -0.469 e. The number of methoxy groups -OCH3 is 1. The summed E-state index contributed by atoms with van der Waals surface area (Å²) >= 11 is 5.87. The standard InChI is InChI=1S/C15H19ClN2O3/c1-21-15(20)11-5-7-18(8-6-11)10-14(19)17-13-4-2-3-12(16)9-13/h2-4,9,11H,5-8,10H2,1H3,(H,17,19). The lowest BCUT2D eigenvalue weighted by Gasteiger charge is -2.29. The number of ether oxygens (including phenoxy) is 1. The second-order valence-electron chi connectivity index (χ2n) is 5.13. The summed E-state index contributed by atoms with van der Waals surface area (Å²) in [6.07, 6.45) is 1.47. The van der Waals surface area contributed by atoms with Crippen molar-refractivity contribution in [2.45, 2.75) is 12.8 Å². The summed E-state index contributed by atoms with van der Waals surface area (Å²) < 4.78 is 4.75. The van der Waals surface area contributed by atoms with Crippen LogP contribution >= 0.6 is 11.6 Å². The molecule has 0 saturated carbocycles. The fraction of sp³-hybridized carbons (Fsp3) is 0.467. The Bertz CT molecular complexity index is 513. The number of carbonyl (C=O) groups excluding carboxylic acids is 2. The van der Waals surface area contributed by atoms with Crippen LogP contribution in [0.4, 0.5) is 5.69 Å². The average molecular weight is 311 g/mol. The van der Waals surface area contributed by atoms with Crippen molar-refractivity contribution in [3.8, 4) is 0 Å². The highest BCUT2D eigenvalue weighted by Crippen LogP contribution is 2.19. The summed E-state index contributed by atoms with van der Waals surface area (Å²) in [6.45, 7) is 1.77. The zero-order chi connectivity index (χ0) is 15.2. The third-order valence-electron chi connectivity index (χ3n) is 3.60. The van der Waals surface area contributed by atoms with Crippen LogP contribution in [-0.4, -0.2) is 43.5 Å². The zero-order valence-corrected chi connectivity index (χ0v) is 12.7. The lowest BCUT2D eigenvalue weighted by atomic mass is 9.97. The number of nitrogens with one attached hydrogen (secondary N) is 1. The molecule has 2 rings (SSSR count). The van der Waals surface area contributed by atoms with Crippen LogP contribution in [0, 0.1) is 5.92 Å². The van der Waals surface area contributed by atoms with Gasteiger partial charge in [0.05, 0.1) is 19.6 Å². The number of halogens is 1. The molecule has 0 spiro atoms. The van der Waals surface area contributed by atoms with Gasteiger partial charge in [-0.15, -0.1) is 0 Å². The molecule has 1 amide bonds. The number of likely N-dealkylation sites (tertiary alicyclic amines) is 1. The van der Waals surface area contributed by atoms with Crippen molar-refractivity contribution in [1.82, 2.24) is 4.90 Å². The fourth-order valence-corrected chi connectivity index (χ4v) is 2.65. The average Bonchev–Trinajstić information content (AvgIpc) is 2.47. The maximum Gasteiger partial charge on any atom is 0.308 e. The summed E-state index contributed by atoms with van der Waals surface area (Å²) in [7, 11) is 1.41. The highest BCUT2D eigenvalue weighted by atomic mass is 35.5. The van der Waals surface area contributed by atoms with Gasteiger partial charge in [-0.1, -0.05) is 17.7 Å². The molecular weight excluding hydrogens is 292 g/mol. The molecule has 1 fully saturated rings. The first kappa shape index (κ1) is 15.8. The number of carbonyl (C=O) groups is 2. The van der Waals surface area contributed by atoms with Gasteiger partial charge in [-0.25, -0.2) is 0 Å². The van der Waals surface area contributed by atoms with Crippen LogP contribution in [0.15, 0.2) is 24.3 Å². The monoisotopic (exact) mass is 310 g/mol. The Kier molecular flexibility index (Phi) is 5.59. The van der Waals surface area contributed by atoms with E-state index in [4.69, 9.17) is 16.3 Å². The van der Waals surface area contributed by atoms with E-state index in [1.165, 1.54) is 7.11 Å². The fourth-order valence-electron chi connectivity index (χ4n) is 2.46. The molecule has 5 nitrogen and oxygen atoms in total. The molecule has 0 aliphatic carbocycles. The normalized spacial score (nSPS) is 16.5. The largest absolute Gasteiger partial charge is 0.469 e. The quantitative estimate of drug-likeness (QED) is 0.866. The van der Waals surface area contributed by atoms with Crippen molar-refractivity contribution < 1.29 is 14.3 Å². The molecule has 1 heterocycles. The molecule has 114 valence electrons. The minimum absolute atomic E-state index is 0.0396. The van der Waals surface area contributed by atoms with Crippen LogP contribution in [0.3, 0.4) is 0 Å². The molecule has 0 aromatic heterocycles. The number of piperidine rings is 1. The first-order chi connectivity index (χ1) is 10.1. The molecule has 1 N–H and O–H groups in total. The van der Waals surface area contributed by atoms with Gasteiger partial charge in [0.2, 0.25) is 5.91 Å². The van der Waals surface area contributed by atoms with Gasteiger partial charge >= 0.3 is 5.97 Å². The number of benzene rings is 1. The maximum absolute atomic E-state index is 12.0. The highest BCUT2D eigenvalue weighted by molar-refractivity contribution is 6.30. The molecular formula is C15H19ClN2O3. The lowest BCUT2D eigenvalue weighted by molar-refractivity contribution is -0.147. The van der Waals surface area contributed by atoms with Crippen molar-refractivity contribution in [1.29, 1.82) is 0 Å². The Morgan fingerprint density at radius 2 is 2.10 bits per heavy atom. The van der Waals surface area contributed by atoms with Gasteiger partial charge < -0.3 is 10.1 Å². The zero-order valence-electron chi connectivity index (χ0n) is 12.0. The summed E-state index contributed by atoms with van der Waals surface area (Å²) in [5, 5.41) is 3.41. The van der Waals surface area contributed by atoms with E-state index < -0.39 is 0 Å². The van der Waals surface area contributed by atoms with E-state index in [0.29, 0.717) is 17.3 Å². The van der Waals surface area contributed by atoms with E-state index >= 15 is 0 Å². The van der Waals surface area contributed by atoms with Gasteiger partial charge in [-0.2, -0.15) is 0 Å². The van der Waals surface area contributed by atoms with Crippen molar-refractivity contribution in [2.75, 3.05) is 32.1 Å². The molecule has 0 unspecified atom stereocenters. The third-order valence-corrected chi connectivity index (χ3v) is 3.83. The van der Waals surface area contributed by atoms with Crippen LogP contribution in [0.2, 0.25) is 5.02 Å². The summed E-state index contributed by atoms with van der Waals surface area (Å²) in [5.41, 5.74) is 0.692. The van der Waals surface area contributed by atoms with Gasteiger partial charge in [0.1, 0.15) is 0 Å². The van der Waals surface area contributed by atoms with E-state index in [-0.39, 0.29) is 17.8 Å². The minimum atomic E-state index is -0.155. The first-order valence-electron chi connectivity index (χ1n) is 6.94. The molecule has 0 atom stereocenters. The van der Waals surface area contributed by atoms with E-state index in [1.54, 1.807) is 24.3 Å². The van der Waals surface area contributed by atoms with Crippen LogP contribution in [-0.2, 0) is 14.3 Å². The number of amides is 1. The molecule has 1 aromatic carbocycles. The van der Waals surface area contributed by atoms with Crippen molar-refractivity contribution in [3.05, 3.63) is 29.3 Å². The van der Waals surface area contributed by atoms with E-state index in [9.17, 15) is 9.59 Å². The van der Waals surface area contributed by atoms with Crippen LogP contribution in [0.25, 0.3) is 0 Å². The maximum atomic E-state index is 12.0. The number of hydrogen-bond acceptors (Lipinski definition) is 4. The lowest BCUT2D eigenvalue weighted by Crippen LogP contribution is -2.41. The number of anilines is 1. The van der Waals surface area contributed by atoms with Gasteiger partial charge in [0, 0.05) is 10.7 Å². The molecule has 0 bridgehead atoms. The Balaban J connectivity index is 1.78. The first-order valence-corrected chi connectivity index (χ1v) is 7.32. The highest BCUT2D eigenvalue weighted by Gasteiger charge is 2.26. The van der Waals surface area contributed by atoms with Gasteiger partial charge in [0.25, 0.3) is 0 Å². The molecule has 21 heavy (non-hydrogen) atoms. The molecule has 1 saturated heterocycles. The topological polar surface area (TPSA) is 58.6 Å². The second kappa shape index (κ2) is 7.43. The second-order valence-corrected chi connectivity index (χ2v) is 5.57. The smallest absolute Gasteiger partial charge is 0.308 e. The predicted octanol–water partition coefficient (Wildman–Crippen LogP) is 2.16. The third kappa shape index (κ3) is 4.72. The van der Waals surface area contributed by atoms with Crippen LogP contribution in [0.5, 0.6) is 0 Å². The van der Waals surface area contributed by atoms with Crippen LogP contribution in [0.1, 0.15) is 12.8 Å². The Morgan fingerprint density at radius 3 is 2.71 bits per heavy atom. The number of rotatable bonds is 4. The predicted molar refractivity (Wildman–Crippen MR) is 81.3 cm³/mol. The van der Waals surface area contributed by atoms with Gasteiger partial charge in [-0.3, -0.25) is 14.5 Å². The molecule has 6 heteroatoms.